The zero-order valence-corrected chi connectivity index (χ0v) is 15.7. The van der Waals surface area contributed by atoms with Gasteiger partial charge in [-0.1, -0.05) is 31.4 Å². The average molecular weight is 366 g/mol. The number of anilines is 1. The molecule has 5 nitrogen and oxygen atoms in total. The van der Waals surface area contributed by atoms with Crippen LogP contribution in [0.5, 0.6) is 5.75 Å². The van der Waals surface area contributed by atoms with Crippen LogP contribution in [0.3, 0.4) is 0 Å². The second-order valence-corrected chi connectivity index (χ2v) is 7.44. The Kier molecular flexibility index (Phi) is 5.28. The smallest absolute Gasteiger partial charge is 0.342 e. The fourth-order valence-electron chi connectivity index (χ4n) is 4.19. The first-order chi connectivity index (χ1) is 13.2. The number of cyclic esters (lactones) is 1. The van der Waals surface area contributed by atoms with Crippen molar-refractivity contribution in [3.8, 4) is 5.75 Å². The average Bonchev–Trinajstić information content (AvgIpc) is 2.73. The maximum Gasteiger partial charge on any atom is 0.342 e. The van der Waals surface area contributed by atoms with E-state index in [-0.39, 0.29) is 12.1 Å². The van der Waals surface area contributed by atoms with Gasteiger partial charge in [0.1, 0.15) is 23.2 Å². The first-order valence-electron chi connectivity index (χ1n) is 9.80. The number of nitrogens with zero attached hydrogens (tertiary/aromatic N) is 1. The van der Waals surface area contributed by atoms with Gasteiger partial charge < -0.3 is 14.8 Å². The van der Waals surface area contributed by atoms with Crippen LogP contribution in [-0.4, -0.2) is 24.2 Å². The Hall–Kier alpha value is -2.56. The Bertz CT molecular complexity index is 798. The number of ether oxygens (including phenoxy) is 2. The van der Waals surface area contributed by atoms with Gasteiger partial charge in [0, 0.05) is 19.2 Å². The van der Waals surface area contributed by atoms with Crippen molar-refractivity contribution < 1.29 is 14.3 Å². The van der Waals surface area contributed by atoms with Crippen molar-refractivity contribution >= 4 is 11.8 Å². The molecule has 27 heavy (non-hydrogen) atoms. The predicted molar refractivity (Wildman–Crippen MR) is 104 cm³/mol. The number of pyridine rings is 1. The number of carbonyl (C=O) groups excluding carboxylic acids is 1. The highest BCUT2D eigenvalue weighted by Crippen LogP contribution is 2.34. The maximum atomic E-state index is 12.7. The number of hydrogen-bond donors (Lipinski definition) is 1. The van der Waals surface area contributed by atoms with Gasteiger partial charge in [0.2, 0.25) is 0 Å². The first kappa shape index (κ1) is 17.8. The van der Waals surface area contributed by atoms with Crippen molar-refractivity contribution in [2.24, 2.45) is 5.92 Å². The number of esters is 1. The quantitative estimate of drug-likeness (QED) is 0.797. The van der Waals surface area contributed by atoms with E-state index in [1.165, 1.54) is 32.1 Å². The molecule has 0 bridgehead atoms. The first-order valence-corrected chi connectivity index (χ1v) is 9.80. The van der Waals surface area contributed by atoms with Crippen LogP contribution in [0, 0.1) is 5.92 Å². The van der Waals surface area contributed by atoms with Crippen molar-refractivity contribution in [2.45, 2.75) is 51.2 Å². The molecule has 1 saturated carbocycles. The van der Waals surface area contributed by atoms with Gasteiger partial charge in [0.15, 0.2) is 0 Å². The van der Waals surface area contributed by atoms with Gasteiger partial charge in [-0.25, -0.2) is 9.78 Å². The lowest BCUT2D eigenvalue weighted by atomic mass is 9.81. The maximum absolute atomic E-state index is 12.7. The highest BCUT2D eigenvalue weighted by atomic mass is 16.5. The second-order valence-electron chi connectivity index (χ2n) is 7.44. The van der Waals surface area contributed by atoms with E-state index in [2.05, 4.69) is 10.3 Å². The molecule has 0 saturated heterocycles. The van der Waals surface area contributed by atoms with Gasteiger partial charge in [-0.15, -0.1) is 0 Å². The summed E-state index contributed by atoms with van der Waals surface area (Å²) >= 11 is 0. The van der Waals surface area contributed by atoms with Crippen LogP contribution in [-0.2, 0) is 17.7 Å². The number of carbonyl (C=O) groups is 1. The van der Waals surface area contributed by atoms with Gasteiger partial charge in [0.05, 0.1) is 7.11 Å². The Morgan fingerprint density at radius 1 is 1.15 bits per heavy atom. The van der Waals surface area contributed by atoms with Crippen molar-refractivity contribution in [1.29, 1.82) is 0 Å². The fourth-order valence-corrected chi connectivity index (χ4v) is 4.19. The summed E-state index contributed by atoms with van der Waals surface area (Å²) in [5.41, 5.74) is 2.74. The van der Waals surface area contributed by atoms with Crippen LogP contribution >= 0.6 is 0 Å². The number of nitrogens with one attached hydrogen (secondary N) is 1. The Balaban J connectivity index is 1.48. The summed E-state index contributed by atoms with van der Waals surface area (Å²) in [5.74, 6) is 1.69. The zero-order chi connectivity index (χ0) is 18.6. The summed E-state index contributed by atoms with van der Waals surface area (Å²) in [7, 11) is 1.65. The summed E-state index contributed by atoms with van der Waals surface area (Å²) in [5, 5.41) is 3.30. The number of benzene rings is 1. The molecule has 1 atom stereocenters. The molecular formula is C22H26N2O3. The van der Waals surface area contributed by atoms with E-state index in [1.807, 2.05) is 30.3 Å². The molecule has 1 unspecified atom stereocenters. The van der Waals surface area contributed by atoms with Gasteiger partial charge in [-0.2, -0.15) is 0 Å². The number of rotatable bonds is 5. The number of methoxy groups -OCH3 is 1. The molecule has 1 aromatic heterocycles. The minimum atomic E-state index is -0.239. The van der Waals surface area contributed by atoms with Crippen molar-refractivity contribution in [1.82, 2.24) is 4.98 Å². The van der Waals surface area contributed by atoms with Crippen LogP contribution in [0.4, 0.5) is 5.82 Å². The summed E-state index contributed by atoms with van der Waals surface area (Å²) in [4.78, 5) is 17.1. The summed E-state index contributed by atoms with van der Waals surface area (Å²) < 4.78 is 11.0. The van der Waals surface area contributed by atoms with E-state index in [1.54, 1.807) is 13.3 Å². The molecule has 4 rings (SSSR count). The molecule has 2 heterocycles. The SMILES string of the molecule is COc1ccc(CNc2nccc3c2C(=O)OC(C2CCCCC2)C3)cc1. The number of aromatic nitrogens is 1. The molecule has 5 heteroatoms. The third kappa shape index (κ3) is 3.92. The van der Waals surface area contributed by atoms with Crippen LogP contribution in [0.2, 0.25) is 0 Å². The monoisotopic (exact) mass is 366 g/mol. The zero-order valence-electron chi connectivity index (χ0n) is 15.7. The lowest BCUT2D eigenvalue weighted by Gasteiger charge is -2.33. The topological polar surface area (TPSA) is 60.5 Å². The molecule has 1 aromatic carbocycles. The van der Waals surface area contributed by atoms with E-state index in [0.717, 1.165) is 23.3 Å². The van der Waals surface area contributed by atoms with E-state index in [4.69, 9.17) is 9.47 Å². The fraction of sp³-hybridized carbons (Fsp3) is 0.455. The van der Waals surface area contributed by atoms with Crippen molar-refractivity contribution in [3.63, 3.8) is 0 Å². The van der Waals surface area contributed by atoms with Crippen LogP contribution in [0.15, 0.2) is 36.5 Å². The van der Waals surface area contributed by atoms with E-state index >= 15 is 0 Å². The molecule has 1 N–H and O–H groups in total. The molecule has 142 valence electrons. The third-order valence-electron chi connectivity index (χ3n) is 5.72. The van der Waals surface area contributed by atoms with E-state index in [9.17, 15) is 4.79 Å². The third-order valence-corrected chi connectivity index (χ3v) is 5.72. The molecule has 0 amide bonds. The van der Waals surface area contributed by atoms with Crippen molar-refractivity contribution in [2.75, 3.05) is 12.4 Å². The lowest BCUT2D eigenvalue weighted by molar-refractivity contribution is 0.00284. The van der Waals surface area contributed by atoms with E-state index in [0.29, 0.717) is 23.8 Å². The number of fused-ring (bicyclic) bond motifs is 1. The van der Waals surface area contributed by atoms with Gasteiger partial charge in [-0.05, 0) is 48.1 Å². The predicted octanol–water partition coefficient (Wildman–Crippen LogP) is 4.36. The van der Waals surface area contributed by atoms with Crippen LogP contribution in [0.25, 0.3) is 0 Å². The Labute approximate surface area is 160 Å². The minimum absolute atomic E-state index is 0.0159. The van der Waals surface area contributed by atoms with E-state index < -0.39 is 0 Å². The molecule has 1 fully saturated rings. The minimum Gasteiger partial charge on any atom is -0.497 e. The molecule has 1 aliphatic carbocycles. The lowest BCUT2D eigenvalue weighted by Crippen LogP contribution is -2.35. The molecule has 0 spiro atoms. The second kappa shape index (κ2) is 7.99. The van der Waals surface area contributed by atoms with Gasteiger partial charge >= 0.3 is 5.97 Å². The standard InChI is InChI=1S/C22H26N2O3/c1-26-18-9-7-15(8-10-18)14-24-21-20-17(11-12-23-21)13-19(27-22(20)25)16-5-3-2-4-6-16/h7-12,16,19H,2-6,13-14H2,1H3,(H,23,24). The number of hydrogen-bond acceptors (Lipinski definition) is 5. The Morgan fingerprint density at radius 2 is 1.93 bits per heavy atom. The highest BCUT2D eigenvalue weighted by molar-refractivity contribution is 5.97. The normalized spacial score (nSPS) is 19.9. The molecule has 0 radical (unpaired) electrons. The van der Waals surface area contributed by atoms with Gasteiger partial charge in [0.25, 0.3) is 0 Å². The van der Waals surface area contributed by atoms with Crippen LogP contribution in [0.1, 0.15) is 53.6 Å². The molecule has 1 aliphatic heterocycles. The molecular weight excluding hydrogens is 340 g/mol. The summed E-state index contributed by atoms with van der Waals surface area (Å²) in [6.07, 6.45) is 8.73. The Morgan fingerprint density at radius 3 is 2.67 bits per heavy atom. The molecule has 2 aromatic rings. The van der Waals surface area contributed by atoms with Gasteiger partial charge in [-0.3, -0.25) is 0 Å². The van der Waals surface area contributed by atoms with Crippen LogP contribution < -0.4 is 10.1 Å². The largest absolute Gasteiger partial charge is 0.497 e. The summed E-state index contributed by atoms with van der Waals surface area (Å²) in [6.45, 7) is 0.590. The highest BCUT2D eigenvalue weighted by Gasteiger charge is 2.34. The van der Waals surface area contributed by atoms with Crippen molar-refractivity contribution in [3.05, 3.63) is 53.2 Å². The summed E-state index contributed by atoms with van der Waals surface area (Å²) in [6, 6.07) is 9.81. The molecule has 2 aliphatic rings.